The molecule has 9 heteroatoms. The molecule has 2 aliphatic heterocycles. The number of fused-ring (bicyclic) bond motifs is 1. The van der Waals surface area contributed by atoms with Crippen LogP contribution in [-0.2, 0) is 27.8 Å². The average Bonchev–Trinajstić information content (AvgIpc) is 2.66. The molecule has 3 heterocycles. The van der Waals surface area contributed by atoms with Crippen molar-refractivity contribution in [3.63, 3.8) is 0 Å². The van der Waals surface area contributed by atoms with E-state index in [1.54, 1.807) is 13.8 Å². The van der Waals surface area contributed by atoms with E-state index < -0.39 is 10.0 Å². The van der Waals surface area contributed by atoms with Gasteiger partial charge in [-0.05, 0) is 26.2 Å². The number of anilines is 1. The maximum Gasteiger partial charge on any atom is 0.219 e. The van der Waals surface area contributed by atoms with Crippen LogP contribution in [0.4, 0.5) is 5.82 Å². The summed E-state index contributed by atoms with van der Waals surface area (Å²) in [5, 5.41) is 3.15. The molecule has 0 radical (unpaired) electrons. The predicted octanol–water partition coefficient (Wildman–Crippen LogP) is 0.952. The molecule has 0 spiro atoms. The van der Waals surface area contributed by atoms with Crippen molar-refractivity contribution in [2.45, 2.75) is 45.6 Å². The van der Waals surface area contributed by atoms with Gasteiger partial charge in [-0.1, -0.05) is 0 Å². The number of rotatable bonds is 4. The van der Waals surface area contributed by atoms with E-state index in [9.17, 15) is 13.2 Å². The highest BCUT2D eigenvalue weighted by Crippen LogP contribution is 2.31. The third-order valence-corrected chi connectivity index (χ3v) is 7.18. The van der Waals surface area contributed by atoms with Crippen molar-refractivity contribution >= 4 is 21.7 Å². The van der Waals surface area contributed by atoms with Gasteiger partial charge in [-0.2, -0.15) is 4.31 Å². The topological polar surface area (TPSA) is 95.5 Å². The summed E-state index contributed by atoms with van der Waals surface area (Å²) in [6.07, 6.45) is 2.28. The summed E-state index contributed by atoms with van der Waals surface area (Å²) in [6.45, 7) is 5.46. The number of carbonyl (C=O) groups excluding carboxylic acids is 1. The largest absolute Gasteiger partial charge is 0.373 e. The van der Waals surface area contributed by atoms with Crippen molar-refractivity contribution in [1.29, 1.82) is 0 Å². The van der Waals surface area contributed by atoms with Crippen LogP contribution in [-0.4, -0.2) is 65.9 Å². The van der Waals surface area contributed by atoms with Crippen molar-refractivity contribution in [1.82, 2.24) is 19.2 Å². The number of nitrogens with one attached hydrogen (secondary N) is 1. The SMILES string of the molecule is CCS(=O)(=O)N1CCc2c(nc(C3CCN(C(C)=O)CC3)nc2NC)C1. The molecule has 1 N–H and O–H groups in total. The summed E-state index contributed by atoms with van der Waals surface area (Å²) >= 11 is 0. The summed E-state index contributed by atoms with van der Waals surface area (Å²) in [5.74, 6) is 1.95. The van der Waals surface area contributed by atoms with E-state index >= 15 is 0 Å². The molecule has 1 fully saturated rings. The van der Waals surface area contributed by atoms with Crippen LogP contribution >= 0.6 is 0 Å². The van der Waals surface area contributed by atoms with Crippen LogP contribution in [0.15, 0.2) is 0 Å². The van der Waals surface area contributed by atoms with E-state index in [2.05, 4.69) is 5.32 Å². The van der Waals surface area contributed by atoms with Crippen LogP contribution in [0, 0.1) is 0 Å². The fourth-order valence-corrected chi connectivity index (χ4v) is 4.74. The normalized spacial score (nSPS) is 19.3. The maximum atomic E-state index is 12.2. The number of sulfonamides is 1. The Balaban J connectivity index is 1.86. The molecular formula is C17H27N5O3S. The Morgan fingerprint density at radius 3 is 2.50 bits per heavy atom. The predicted molar refractivity (Wildman–Crippen MR) is 99.4 cm³/mol. The van der Waals surface area contributed by atoms with E-state index in [-0.39, 0.29) is 17.6 Å². The highest BCUT2D eigenvalue weighted by molar-refractivity contribution is 7.89. The van der Waals surface area contributed by atoms with Gasteiger partial charge in [-0.15, -0.1) is 0 Å². The summed E-state index contributed by atoms with van der Waals surface area (Å²) < 4.78 is 26.0. The van der Waals surface area contributed by atoms with Gasteiger partial charge in [0.15, 0.2) is 0 Å². The first kappa shape index (κ1) is 19.0. The Hall–Kier alpha value is -1.74. The fraction of sp³-hybridized carbons (Fsp3) is 0.706. The van der Waals surface area contributed by atoms with E-state index in [0.717, 1.165) is 35.7 Å². The molecule has 1 amide bonds. The van der Waals surface area contributed by atoms with Crippen LogP contribution in [0.25, 0.3) is 0 Å². The lowest BCUT2D eigenvalue weighted by molar-refractivity contribution is -0.129. The molecular weight excluding hydrogens is 354 g/mol. The average molecular weight is 382 g/mol. The lowest BCUT2D eigenvalue weighted by Gasteiger charge is -2.32. The third kappa shape index (κ3) is 3.68. The van der Waals surface area contributed by atoms with Crippen LogP contribution in [0.1, 0.15) is 49.7 Å². The lowest BCUT2D eigenvalue weighted by atomic mass is 9.95. The molecule has 0 bridgehead atoms. The van der Waals surface area contributed by atoms with Crippen molar-refractivity contribution in [3.05, 3.63) is 17.1 Å². The molecule has 1 saturated heterocycles. The second-order valence-electron chi connectivity index (χ2n) is 6.87. The second-order valence-corrected chi connectivity index (χ2v) is 9.13. The minimum atomic E-state index is -3.23. The Labute approximate surface area is 155 Å². The number of hydrogen-bond acceptors (Lipinski definition) is 6. The number of piperidine rings is 1. The fourth-order valence-electron chi connectivity index (χ4n) is 3.69. The summed E-state index contributed by atoms with van der Waals surface area (Å²) in [4.78, 5) is 22.8. The molecule has 1 aromatic heterocycles. The number of nitrogens with zero attached hydrogens (tertiary/aromatic N) is 4. The number of amides is 1. The first-order valence-electron chi connectivity index (χ1n) is 9.16. The van der Waals surface area contributed by atoms with Crippen molar-refractivity contribution in [2.24, 2.45) is 0 Å². The maximum absolute atomic E-state index is 12.2. The van der Waals surface area contributed by atoms with Gasteiger partial charge in [-0.25, -0.2) is 18.4 Å². The van der Waals surface area contributed by atoms with Gasteiger partial charge < -0.3 is 10.2 Å². The molecule has 0 atom stereocenters. The zero-order valence-corrected chi connectivity index (χ0v) is 16.5. The van der Waals surface area contributed by atoms with Gasteiger partial charge in [0.1, 0.15) is 11.6 Å². The Kier molecular flexibility index (Phi) is 5.47. The molecule has 144 valence electrons. The van der Waals surface area contributed by atoms with Crippen LogP contribution in [0.3, 0.4) is 0 Å². The molecule has 0 aromatic carbocycles. The first-order valence-corrected chi connectivity index (χ1v) is 10.8. The lowest BCUT2D eigenvalue weighted by Crippen LogP contribution is -2.39. The zero-order valence-electron chi connectivity index (χ0n) is 15.7. The Bertz CT molecular complexity index is 788. The van der Waals surface area contributed by atoms with E-state index in [4.69, 9.17) is 9.97 Å². The summed E-state index contributed by atoms with van der Waals surface area (Å²) in [5.41, 5.74) is 1.82. The third-order valence-electron chi connectivity index (χ3n) is 5.35. The van der Waals surface area contributed by atoms with Crippen LogP contribution in [0.5, 0.6) is 0 Å². The standard InChI is InChI=1S/C17H27N5O3S/c1-4-26(24,25)22-10-7-14-15(11-22)19-16(20-17(14)18-3)13-5-8-21(9-6-13)12(2)23/h13H,4-11H2,1-3H3,(H,18,19,20). The molecule has 0 saturated carbocycles. The van der Waals surface area contributed by atoms with Crippen LogP contribution in [0.2, 0.25) is 0 Å². The molecule has 3 rings (SSSR count). The van der Waals surface area contributed by atoms with E-state index in [1.165, 1.54) is 4.31 Å². The minimum Gasteiger partial charge on any atom is -0.373 e. The molecule has 26 heavy (non-hydrogen) atoms. The van der Waals surface area contributed by atoms with Gasteiger partial charge in [0.25, 0.3) is 0 Å². The second kappa shape index (κ2) is 7.48. The first-order chi connectivity index (χ1) is 12.4. The molecule has 0 aliphatic carbocycles. The van der Waals surface area contributed by atoms with Crippen LogP contribution < -0.4 is 5.32 Å². The molecule has 0 unspecified atom stereocenters. The zero-order chi connectivity index (χ0) is 18.9. The molecule has 2 aliphatic rings. The molecule has 1 aromatic rings. The Morgan fingerprint density at radius 2 is 1.92 bits per heavy atom. The monoisotopic (exact) mass is 381 g/mol. The Morgan fingerprint density at radius 1 is 1.23 bits per heavy atom. The smallest absolute Gasteiger partial charge is 0.219 e. The quantitative estimate of drug-likeness (QED) is 0.834. The number of likely N-dealkylation sites (tertiary alicyclic amines) is 1. The van der Waals surface area contributed by atoms with Gasteiger partial charge in [-0.3, -0.25) is 4.79 Å². The van der Waals surface area contributed by atoms with Crippen molar-refractivity contribution in [2.75, 3.05) is 37.8 Å². The molecule has 8 nitrogen and oxygen atoms in total. The van der Waals surface area contributed by atoms with Gasteiger partial charge in [0.2, 0.25) is 15.9 Å². The van der Waals surface area contributed by atoms with Gasteiger partial charge in [0.05, 0.1) is 18.0 Å². The van der Waals surface area contributed by atoms with Gasteiger partial charge >= 0.3 is 0 Å². The van der Waals surface area contributed by atoms with Crippen molar-refractivity contribution < 1.29 is 13.2 Å². The summed E-state index contributed by atoms with van der Waals surface area (Å²) in [6, 6.07) is 0. The number of aromatic nitrogens is 2. The highest BCUT2D eigenvalue weighted by Gasteiger charge is 2.30. The number of hydrogen-bond donors (Lipinski definition) is 1. The van der Waals surface area contributed by atoms with E-state index in [0.29, 0.717) is 32.6 Å². The number of carbonyl (C=O) groups is 1. The minimum absolute atomic E-state index is 0.0999. The summed E-state index contributed by atoms with van der Waals surface area (Å²) in [7, 11) is -1.40. The van der Waals surface area contributed by atoms with Gasteiger partial charge in [0, 0.05) is 45.1 Å². The van der Waals surface area contributed by atoms with E-state index in [1.807, 2.05) is 11.9 Å². The highest BCUT2D eigenvalue weighted by atomic mass is 32.2. The van der Waals surface area contributed by atoms with Crippen molar-refractivity contribution in [3.8, 4) is 0 Å².